The van der Waals surface area contributed by atoms with E-state index in [1.54, 1.807) is 11.2 Å². The van der Waals surface area contributed by atoms with E-state index in [0.717, 1.165) is 21.9 Å². The van der Waals surface area contributed by atoms with Gasteiger partial charge in [-0.2, -0.15) is 0 Å². The van der Waals surface area contributed by atoms with Crippen molar-refractivity contribution in [2.45, 2.75) is 20.4 Å². The molecule has 1 aromatic carbocycles. The molecule has 1 aliphatic heterocycles. The molecule has 2 aromatic heterocycles. The van der Waals surface area contributed by atoms with Gasteiger partial charge < -0.3 is 14.4 Å². The summed E-state index contributed by atoms with van der Waals surface area (Å²) in [5.41, 5.74) is 3.67. The number of amidine groups is 1. The van der Waals surface area contributed by atoms with Crippen LogP contribution in [0.15, 0.2) is 52.8 Å². The summed E-state index contributed by atoms with van der Waals surface area (Å²) in [6, 6.07) is 11.9. The van der Waals surface area contributed by atoms with Gasteiger partial charge in [-0.25, -0.2) is 4.98 Å². The molecule has 0 spiro atoms. The van der Waals surface area contributed by atoms with E-state index < -0.39 is 0 Å². The summed E-state index contributed by atoms with van der Waals surface area (Å²) in [6.07, 6.45) is 1.61. The molecule has 0 amide bonds. The molecule has 0 bridgehead atoms. The second-order valence-electron chi connectivity index (χ2n) is 6.40. The van der Waals surface area contributed by atoms with Gasteiger partial charge in [0.15, 0.2) is 0 Å². The molecule has 0 radical (unpaired) electrons. The van der Waals surface area contributed by atoms with Crippen molar-refractivity contribution in [1.29, 1.82) is 5.41 Å². The van der Waals surface area contributed by atoms with E-state index in [4.69, 9.17) is 14.8 Å². The average molecular weight is 365 g/mol. The highest BCUT2D eigenvalue weighted by molar-refractivity contribution is 7.13. The topological polar surface area (TPSA) is 73.4 Å². The second kappa shape index (κ2) is 6.46. The molecule has 3 heterocycles. The van der Waals surface area contributed by atoms with Crippen LogP contribution in [-0.2, 0) is 6.54 Å². The number of nitrogens with one attached hydrogen (secondary N) is 1. The van der Waals surface area contributed by atoms with Crippen molar-refractivity contribution in [3.05, 3.63) is 69.6 Å². The molecule has 0 saturated carbocycles. The minimum Gasteiger partial charge on any atom is -0.510 e. The highest BCUT2D eigenvalue weighted by Crippen LogP contribution is 2.35. The summed E-state index contributed by atoms with van der Waals surface area (Å²) in [5.74, 6) is 1.23. The van der Waals surface area contributed by atoms with Crippen LogP contribution in [0.1, 0.15) is 21.2 Å². The van der Waals surface area contributed by atoms with Crippen LogP contribution in [0.4, 0.5) is 0 Å². The first kappa shape index (κ1) is 16.6. The van der Waals surface area contributed by atoms with Crippen LogP contribution in [0, 0.1) is 19.3 Å². The zero-order chi connectivity index (χ0) is 18.3. The van der Waals surface area contributed by atoms with Gasteiger partial charge in [0.05, 0.1) is 30.6 Å². The molecule has 2 N–H and O–H groups in total. The predicted octanol–water partition coefficient (Wildman–Crippen LogP) is 4.78. The van der Waals surface area contributed by atoms with Gasteiger partial charge in [0.25, 0.3) is 0 Å². The first-order chi connectivity index (χ1) is 12.5. The molecule has 4 rings (SSSR count). The summed E-state index contributed by atoms with van der Waals surface area (Å²) in [4.78, 5) is 7.59. The Hall–Kier alpha value is -2.86. The number of nitrogens with zero attached hydrogens (tertiary/aromatic N) is 2. The van der Waals surface area contributed by atoms with Crippen molar-refractivity contribution in [1.82, 2.24) is 9.88 Å². The van der Waals surface area contributed by atoms with Gasteiger partial charge in [-0.05, 0) is 26.0 Å². The summed E-state index contributed by atoms with van der Waals surface area (Å²) >= 11 is 1.51. The minimum absolute atomic E-state index is 0.186. The quantitative estimate of drug-likeness (QED) is 0.698. The van der Waals surface area contributed by atoms with Crippen LogP contribution in [0.5, 0.6) is 0 Å². The molecule has 1 aliphatic rings. The monoisotopic (exact) mass is 365 g/mol. The number of benzene rings is 1. The molecule has 132 valence electrons. The number of aromatic nitrogens is 1. The van der Waals surface area contributed by atoms with Gasteiger partial charge >= 0.3 is 0 Å². The van der Waals surface area contributed by atoms with Gasteiger partial charge in [0, 0.05) is 10.4 Å². The Balaban J connectivity index is 1.63. The average Bonchev–Trinajstić information content (AvgIpc) is 3.30. The first-order valence-electron chi connectivity index (χ1n) is 8.36. The number of hydrogen-bond donors (Lipinski definition) is 2. The van der Waals surface area contributed by atoms with Gasteiger partial charge in [0.1, 0.15) is 22.4 Å². The Bertz CT molecular complexity index is 985. The van der Waals surface area contributed by atoms with Crippen molar-refractivity contribution >= 4 is 22.7 Å². The van der Waals surface area contributed by atoms with Gasteiger partial charge in [0.2, 0.25) is 0 Å². The Morgan fingerprint density at radius 3 is 2.69 bits per heavy atom. The van der Waals surface area contributed by atoms with Crippen LogP contribution < -0.4 is 0 Å². The zero-order valence-corrected chi connectivity index (χ0v) is 15.4. The maximum Gasteiger partial charge on any atom is 0.135 e. The Kier molecular flexibility index (Phi) is 4.12. The second-order valence-corrected chi connectivity index (χ2v) is 7.60. The van der Waals surface area contributed by atoms with Crippen LogP contribution in [0.25, 0.3) is 16.8 Å². The number of aryl methyl sites for hydroxylation is 2. The maximum atomic E-state index is 10.5. The predicted molar refractivity (Wildman–Crippen MR) is 103 cm³/mol. The first-order valence-corrected chi connectivity index (χ1v) is 9.18. The lowest BCUT2D eigenvalue weighted by atomic mass is 10.1. The molecule has 0 fully saturated rings. The number of aliphatic hydroxyl groups is 1. The van der Waals surface area contributed by atoms with Crippen molar-refractivity contribution < 1.29 is 9.52 Å². The summed E-state index contributed by atoms with van der Waals surface area (Å²) in [7, 11) is 0. The fraction of sp³-hybridized carbons (Fsp3) is 0.200. The SMILES string of the molecule is Cc1ccc(-c2nc(C3=C(O)CN(Cc4ccco4)C3=N)sc2C)cc1. The van der Waals surface area contributed by atoms with Crippen molar-refractivity contribution in [2.24, 2.45) is 0 Å². The Morgan fingerprint density at radius 2 is 2.00 bits per heavy atom. The highest BCUT2D eigenvalue weighted by Gasteiger charge is 2.31. The molecular weight excluding hydrogens is 346 g/mol. The third-order valence-corrected chi connectivity index (χ3v) is 5.43. The van der Waals surface area contributed by atoms with Crippen molar-refractivity contribution in [3.8, 4) is 11.3 Å². The van der Waals surface area contributed by atoms with E-state index >= 15 is 0 Å². The largest absolute Gasteiger partial charge is 0.510 e. The lowest BCUT2D eigenvalue weighted by Gasteiger charge is -2.16. The molecule has 6 heteroatoms. The number of rotatable bonds is 4. The summed E-state index contributed by atoms with van der Waals surface area (Å²) in [5, 5.41) is 19.6. The van der Waals surface area contributed by atoms with E-state index in [9.17, 15) is 5.11 Å². The number of thiazole rings is 1. The van der Waals surface area contributed by atoms with E-state index in [-0.39, 0.29) is 11.6 Å². The number of furan rings is 1. The molecule has 26 heavy (non-hydrogen) atoms. The Morgan fingerprint density at radius 1 is 1.23 bits per heavy atom. The van der Waals surface area contributed by atoms with Crippen LogP contribution in [-0.4, -0.2) is 27.4 Å². The van der Waals surface area contributed by atoms with Gasteiger partial charge in [-0.3, -0.25) is 5.41 Å². The molecule has 0 atom stereocenters. The van der Waals surface area contributed by atoms with Crippen molar-refractivity contribution in [3.63, 3.8) is 0 Å². The third-order valence-electron chi connectivity index (χ3n) is 4.44. The number of hydrogen-bond acceptors (Lipinski definition) is 5. The van der Waals surface area contributed by atoms with Gasteiger partial charge in [-0.15, -0.1) is 11.3 Å². The van der Waals surface area contributed by atoms with Crippen LogP contribution >= 0.6 is 11.3 Å². The molecule has 0 aliphatic carbocycles. The zero-order valence-electron chi connectivity index (χ0n) is 14.6. The van der Waals surface area contributed by atoms with E-state index in [0.29, 0.717) is 23.7 Å². The summed E-state index contributed by atoms with van der Waals surface area (Å²) in [6.45, 7) is 4.83. The molecule has 0 saturated heterocycles. The molecule has 0 unspecified atom stereocenters. The fourth-order valence-electron chi connectivity index (χ4n) is 3.07. The smallest absolute Gasteiger partial charge is 0.135 e. The Labute approximate surface area is 155 Å². The third kappa shape index (κ3) is 2.93. The fourth-order valence-corrected chi connectivity index (χ4v) is 4.07. The molecule has 3 aromatic rings. The normalized spacial score (nSPS) is 14.5. The van der Waals surface area contributed by atoms with Crippen LogP contribution in [0.2, 0.25) is 0 Å². The highest BCUT2D eigenvalue weighted by atomic mass is 32.1. The van der Waals surface area contributed by atoms with Crippen molar-refractivity contribution in [2.75, 3.05) is 6.54 Å². The molecular formula is C20H19N3O2S. The number of aliphatic hydroxyl groups excluding tert-OH is 1. The van der Waals surface area contributed by atoms with Gasteiger partial charge in [-0.1, -0.05) is 29.8 Å². The molecule has 5 nitrogen and oxygen atoms in total. The minimum atomic E-state index is 0.186. The standard InChI is InChI=1S/C20H19N3O2S/c1-12-5-7-14(8-6-12)18-13(2)26-20(22-18)17-16(24)11-23(19(17)21)10-15-4-3-9-25-15/h3-9,21,24H,10-11H2,1-2H3. The van der Waals surface area contributed by atoms with Crippen LogP contribution in [0.3, 0.4) is 0 Å². The van der Waals surface area contributed by atoms with E-state index in [1.807, 2.05) is 19.1 Å². The summed E-state index contributed by atoms with van der Waals surface area (Å²) < 4.78 is 5.36. The lowest BCUT2D eigenvalue weighted by Crippen LogP contribution is -2.25. The lowest BCUT2D eigenvalue weighted by molar-refractivity contribution is 0.328. The van der Waals surface area contributed by atoms with E-state index in [1.165, 1.54) is 16.9 Å². The van der Waals surface area contributed by atoms with E-state index in [2.05, 4.69) is 31.2 Å². The maximum absolute atomic E-state index is 10.5.